The Hall–Kier alpha value is -1.68. The zero-order chi connectivity index (χ0) is 11.5. The molecule has 4 heteroatoms. The first-order valence-corrected chi connectivity index (χ1v) is 5.29. The molecule has 0 radical (unpaired) electrons. The van der Waals surface area contributed by atoms with Gasteiger partial charge in [0.25, 0.3) is 0 Å². The summed E-state index contributed by atoms with van der Waals surface area (Å²) in [5.41, 5.74) is 8.09. The van der Waals surface area contributed by atoms with Crippen molar-refractivity contribution in [3.05, 3.63) is 47.1 Å². The maximum absolute atomic E-state index is 5.67. The Labute approximate surface area is 94.5 Å². The molecule has 0 saturated carbocycles. The fraction of sp³-hybridized carbons (Fsp3) is 0.333. The van der Waals surface area contributed by atoms with E-state index in [9.17, 15) is 0 Å². The van der Waals surface area contributed by atoms with Crippen LogP contribution in [0.5, 0.6) is 0 Å². The van der Waals surface area contributed by atoms with Crippen molar-refractivity contribution < 1.29 is 4.52 Å². The molecule has 1 aromatic heterocycles. The molecule has 0 aliphatic carbocycles. The average molecular weight is 217 g/mol. The van der Waals surface area contributed by atoms with Gasteiger partial charge < -0.3 is 10.3 Å². The van der Waals surface area contributed by atoms with Crippen molar-refractivity contribution in [2.24, 2.45) is 5.73 Å². The van der Waals surface area contributed by atoms with Crippen molar-refractivity contribution in [3.8, 4) is 0 Å². The summed E-state index contributed by atoms with van der Waals surface area (Å²) >= 11 is 0. The van der Waals surface area contributed by atoms with Crippen LogP contribution >= 0.6 is 0 Å². The van der Waals surface area contributed by atoms with Gasteiger partial charge in [-0.2, -0.15) is 4.98 Å². The van der Waals surface area contributed by atoms with E-state index in [1.165, 1.54) is 11.1 Å². The summed E-state index contributed by atoms with van der Waals surface area (Å²) in [4.78, 5) is 4.24. The smallest absolute Gasteiger partial charge is 0.231 e. The number of nitrogens with two attached hydrogens (primary N) is 1. The predicted molar refractivity (Wildman–Crippen MR) is 60.9 cm³/mol. The zero-order valence-corrected chi connectivity index (χ0v) is 9.47. The highest BCUT2D eigenvalue weighted by Gasteiger charge is 2.10. The van der Waals surface area contributed by atoms with Gasteiger partial charge in [-0.1, -0.05) is 29.4 Å². The first kappa shape index (κ1) is 10.8. The minimum absolute atomic E-state index is 0.186. The van der Waals surface area contributed by atoms with Crippen molar-refractivity contribution in [3.63, 3.8) is 0 Å². The van der Waals surface area contributed by atoms with Crippen molar-refractivity contribution >= 4 is 0 Å². The number of benzene rings is 1. The number of aromatic nitrogens is 2. The van der Waals surface area contributed by atoms with E-state index in [0.29, 0.717) is 18.1 Å². The average Bonchev–Trinajstić information content (AvgIpc) is 2.70. The molecule has 0 amide bonds. The van der Waals surface area contributed by atoms with Crippen LogP contribution in [0.4, 0.5) is 0 Å². The van der Waals surface area contributed by atoms with Crippen LogP contribution in [0, 0.1) is 6.92 Å². The monoisotopic (exact) mass is 217 g/mol. The first-order chi connectivity index (χ1) is 7.66. The number of hydrogen-bond donors (Lipinski definition) is 1. The Morgan fingerprint density at radius 2 is 2.12 bits per heavy atom. The summed E-state index contributed by atoms with van der Waals surface area (Å²) in [6.07, 6.45) is 0.659. The number of rotatable bonds is 3. The molecule has 1 unspecified atom stereocenters. The van der Waals surface area contributed by atoms with Gasteiger partial charge in [0.1, 0.15) is 0 Å². The molecule has 84 valence electrons. The minimum atomic E-state index is -0.186. The van der Waals surface area contributed by atoms with Crippen LogP contribution in [0.3, 0.4) is 0 Å². The summed E-state index contributed by atoms with van der Waals surface area (Å²) in [6.45, 7) is 3.90. The lowest BCUT2D eigenvalue weighted by molar-refractivity contribution is 0.376. The lowest BCUT2D eigenvalue weighted by Crippen LogP contribution is -2.06. The lowest BCUT2D eigenvalue weighted by atomic mass is 10.1. The molecular formula is C12H15N3O. The molecule has 2 N–H and O–H groups in total. The minimum Gasteiger partial charge on any atom is -0.339 e. The topological polar surface area (TPSA) is 64.9 Å². The lowest BCUT2D eigenvalue weighted by Gasteiger charge is -2.00. The molecule has 0 bridgehead atoms. The third kappa shape index (κ3) is 2.28. The Morgan fingerprint density at radius 3 is 2.75 bits per heavy atom. The second kappa shape index (κ2) is 4.45. The van der Waals surface area contributed by atoms with Gasteiger partial charge in [-0.25, -0.2) is 0 Å². The van der Waals surface area contributed by atoms with Crippen molar-refractivity contribution in [2.45, 2.75) is 26.3 Å². The van der Waals surface area contributed by atoms with Gasteiger partial charge in [0.2, 0.25) is 5.89 Å². The fourth-order valence-corrected chi connectivity index (χ4v) is 1.50. The number of nitrogens with zero attached hydrogens (tertiary/aromatic N) is 2. The van der Waals surface area contributed by atoms with E-state index in [1.807, 2.05) is 19.1 Å². The van der Waals surface area contributed by atoms with Crippen molar-refractivity contribution in [1.82, 2.24) is 10.1 Å². The molecule has 1 aromatic carbocycles. The van der Waals surface area contributed by atoms with E-state index < -0.39 is 0 Å². The van der Waals surface area contributed by atoms with Gasteiger partial charge >= 0.3 is 0 Å². The Balaban J connectivity index is 2.18. The summed E-state index contributed by atoms with van der Waals surface area (Å²) < 4.78 is 5.14. The van der Waals surface area contributed by atoms with Gasteiger partial charge in [0.05, 0.1) is 12.5 Å². The second-order valence-corrected chi connectivity index (χ2v) is 3.94. The Kier molecular flexibility index (Phi) is 3.01. The molecule has 4 nitrogen and oxygen atoms in total. The van der Waals surface area contributed by atoms with Crippen LogP contribution in [0.25, 0.3) is 0 Å². The van der Waals surface area contributed by atoms with Crippen LogP contribution in [0.1, 0.15) is 35.8 Å². The summed E-state index contributed by atoms with van der Waals surface area (Å²) in [7, 11) is 0. The van der Waals surface area contributed by atoms with Gasteiger partial charge in [0, 0.05) is 0 Å². The molecule has 0 fully saturated rings. The molecule has 1 heterocycles. The quantitative estimate of drug-likeness (QED) is 0.853. The van der Waals surface area contributed by atoms with Crippen LogP contribution < -0.4 is 5.73 Å². The SMILES string of the molecule is Cc1ccccc1Cc1nc(C(C)N)no1. The van der Waals surface area contributed by atoms with Gasteiger partial charge in [-0.15, -0.1) is 0 Å². The first-order valence-electron chi connectivity index (χ1n) is 5.29. The molecule has 0 saturated heterocycles. The zero-order valence-electron chi connectivity index (χ0n) is 9.47. The van der Waals surface area contributed by atoms with E-state index in [4.69, 9.17) is 10.3 Å². The van der Waals surface area contributed by atoms with E-state index in [1.54, 1.807) is 0 Å². The summed E-state index contributed by atoms with van der Waals surface area (Å²) in [5.74, 6) is 1.17. The molecule has 2 rings (SSSR count). The second-order valence-electron chi connectivity index (χ2n) is 3.94. The van der Waals surface area contributed by atoms with E-state index in [0.717, 1.165) is 0 Å². The van der Waals surface area contributed by atoms with Crippen LogP contribution in [0.2, 0.25) is 0 Å². The van der Waals surface area contributed by atoms with Gasteiger partial charge in [-0.05, 0) is 25.0 Å². The third-order valence-electron chi connectivity index (χ3n) is 2.49. The third-order valence-corrected chi connectivity index (χ3v) is 2.49. The Morgan fingerprint density at radius 1 is 1.38 bits per heavy atom. The highest BCUT2D eigenvalue weighted by molar-refractivity contribution is 5.27. The highest BCUT2D eigenvalue weighted by Crippen LogP contribution is 2.13. The number of hydrogen-bond acceptors (Lipinski definition) is 4. The maximum Gasteiger partial charge on any atom is 0.231 e. The molecule has 2 aromatic rings. The normalized spacial score (nSPS) is 12.7. The Bertz CT molecular complexity index is 477. The van der Waals surface area contributed by atoms with Crippen molar-refractivity contribution in [1.29, 1.82) is 0 Å². The van der Waals surface area contributed by atoms with Gasteiger partial charge in [0.15, 0.2) is 5.82 Å². The summed E-state index contributed by atoms with van der Waals surface area (Å²) in [6, 6.07) is 7.96. The van der Waals surface area contributed by atoms with E-state index >= 15 is 0 Å². The van der Waals surface area contributed by atoms with Gasteiger partial charge in [-0.3, -0.25) is 0 Å². The molecule has 1 atom stereocenters. The molecule has 0 aliphatic heterocycles. The van der Waals surface area contributed by atoms with Crippen LogP contribution in [-0.4, -0.2) is 10.1 Å². The maximum atomic E-state index is 5.67. The molecule has 0 aliphatic rings. The number of aryl methyl sites for hydroxylation is 1. The largest absolute Gasteiger partial charge is 0.339 e. The predicted octanol–water partition coefficient (Wildman–Crippen LogP) is 1.99. The van der Waals surface area contributed by atoms with E-state index in [2.05, 4.69) is 29.2 Å². The van der Waals surface area contributed by atoms with Crippen LogP contribution in [-0.2, 0) is 6.42 Å². The van der Waals surface area contributed by atoms with E-state index in [-0.39, 0.29) is 6.04 Å². The summed E-state index contributed by atoms with van der Waals surface area (Å²) in [5, 5.41) is 3.83. The fourth-order valence-electron chi connectivity index (χ4n) is 1.50. The molecule has 0 spiro atoms. The standard InChI is InChI=1S/C12H15N3O/c1-8-5-3-4-6-10(8)7-11-14-12(9(2)13)15-16-11/h3-6,9H,7,13H2,1-2H3. The molecular weight excluding hydrogens is 202 g/mol. The van der Waals surface area contributed by atoms with Crippen molar-refractivity contribution in [2.75, 3.05) is 0 Å². The molecule has 16 heavy (non-hydrogen) atoms. The highest BCUT2D eigenvalue weighted by atomic mass is 16.5. The van der Waals surface area contributed by atoms with Crippen LogP contribution in [0.15, 0.2) is 28.8 Å².